The van der Waals surface area contributed by atoms with Crippen molar-refractivity contribution in [1.29, 1.82) is 0 Å². The molecule has 0 N–H and O–H groups in total. The fraction of sp³-hybridized carbons (Fsp3) is 0.122. The van der Waals surface area contributed by atoms with Crippen LogP contribution in [0.2, 0.25) is 10.0 Å². The van der Waals surface area contributed by atoms with Crippen LogP contribution in [0.25, 0.3) is 0 Å². The van der Waals surface area contributed by atoms with Crippen molar-refractivity contribution in [3.63, 3.8) is 0 Å². The Kier molecular flexibility index (Phi) is 7.78. The predicted octanol–water partition coefficient (Wildman–Crippen LogP) is 12.6. The number of nitrogens with zero attached hydrogens (tertiary/aromatic N) is 1. The molecular formula is C41H33Cl2NS. The third-order valence-electron chi connectivity index (χ3n) is 8.66. The SMILES string of the molecule is CC(C)(C)c1ccc(N2c3cccc(c3)C(c3ccccc3)(c3ccccc3)c3cccc(c3)Sc3cc(Cl)cc2c3Cl)cc1. The number of hydrogen-bond donors (Lipinski definition) is 0. The molecule has 0 fully saturated rings. The van der Waals surface area contributed by atoms with E-state index in [-0.39, 0.29) is 5.41 Å². The van der Waals surface area contributed by atoms with Gasteiger partial charge in [0, 0.05) is 26.2 Å². The van der Waals surface area contributed by atoms with Gasteiger partial charge in [-0.2, -0.15) is 0 Å². The fourth-order valence-electron chi connectivity index (χ4n) is 6.50. The van der Waals surface area contributed by atoms with Crippen LogP contribution in [-0.4, -0.2) is 0 Å². The highest BCUT2D eigenvalue weighted by atomic mass is 35.5. The van der Waals surface area contributed by atoms with Gasteiger partial charge < -0.3 is 4.90 Å². The average Bonchev–Trinajstić information content (AvgIpc) is 3.05. The Bertz CT molecular complexity index is 1940. The summed E-state index contributed by atoms with van der Waals surface area (Å²) in [5.41, 5.74) is 8.34. The van der Waals surface area contributed by atoms with Crippen LogP contribution in [0.5, 0.6) is 0 Å². The Labute approximate surface area is 280 Å². The lowest BCUT2D eigenvalue weighted by molar-refractivity contribution is 0.590. The lowest BCUT2D eigenvalue weighted by Crippen LogP contribution is -2.31. The highest BCUT2D eigenvalue weighted by Crippen LogP contribution is 2.51. The zero-order valence-electron chi connectivity index (χ0n) is 25.5. The summed E-state index contributed by atoms with van der Waals surface area (Å²) in [7, 11) is 0. The summed E-state index contributed by atoms with van der Waals surface area (Å²) < 4.78 is 0. The summed E-state index contributed by atoms with van der Waals surface area (Å²) in [6, 6.07) is 52.2. The number of fused-ring (bicyclic) bond motifs is 6. The van der Waals surface area contributed by atoms with Gasteiger partial charge >= 0.3 is 0 Å². The van der Waals surface area contributed by atoms with E-state index in [9.17, 15) is 0 Å². The van der Waals surface area contributed by atoms with Crippen molar-refractivity contribution in [2.45, 2.75) is 41.4 Å². The molecule has 45 heavy (non-hydrogen) atoms. The summed E-state index contributed by atoms with van der Waals surface area (Å²) in [5, 5.41) is 1.30. The molecule has 1 heterocycles. The first kappa shape index (κ1) is 29.7. The molecule has 0 aliphatic carbocycles. The first-order chi connectivity index (χ1) is 21.7. The molecule has 6 bridgehead atoms. The molecule has 1 nitrogen and oxygen atoms in total. The second-order valence-electron chi connectivity index (χ2n) is 12.5. The van der Waals surface area contributed by atoms with Crippen molar-refractivity contribution in [2.75, 3.05) is 4.90 Å². The van der Waals surface area contributed by atoms with Crippen molar-refractivity contribution < 1.29 is 0 Å². The third kappa shape index (κ3) is 5.36. The molecule has 222 valence electrons. The molecule has 0 radical (unpaired) electrons. The van der Waals surface area contributed by atoms with E-state index >= 15 is 0 Å². The maximum atomic E-state index is 7.31. The van der Waals surface area contributed by atoms with Gasteiger partial charge in [-0.1, -0.05) is 153 Å². The standard InChI is InChI=1S/C41H33Cl2NS/c1-40(2,3)28-20-22-34(23-21-28)44-35-18-10-16-31(24-35)41(29-12-6-4-7-13-29,30-14-8-5-9-15-30)32-17-11-19-36(25-32)45-38-27-33(42)26-37(44)39(38)43/h4-27H,1-3H3. The van der Waals surface area contributed by atoms with Crippen molar-refractivity contribution >= 4 is 52.0 Å². The highest BCUT2D eigenvalue weighted by molar-refractivity contribution is 7.99. The lowest BCUT2D eigenvalue weighted by Gasteiger charge is -2.38. The van der Waals surface area contributed by atoms with Crippen molar-refractivity contribution in [2.24, 2.45) is 0 Å². The van der Waals surface area contributed by atoms with Crippen LogP contribution in [0.1, 0.15) is 48.6 Å². The molecule has 0 unspecified atom stereocenters. The van der Waals surface area contributed by atoms with Crippen LogP contribution < -0.4 is 4.90 Å². The maximum absolute atomic E-state index is 7.31. The molecule has 7 rings (SSSR count). The van der Waals surface area contributed by atoms with Gasteiger partial charge in [0.2, 0.25) is 0 Å². The van der Waals surface area contributed by atoms with Crippen LogP contribution >= 0.6 is 35.0 Å². The highest BCUT2D eigenvalue weighted by Gasteiger charge is 2.39. The van der Waals surface area contributed by atoms with E-state index in [0.29, 0.717) is 10.0 Å². The summed E-state index contributed by atoms with van der Waals surface area (Å²) in [5.74, 6) is 0. The smallest absolute Gasteiger partial charge is 0.0787 e. The van der Waals surface area contributed by atoms with Gasteiger partial charge in [0.05, 0.1) is 16.1 Å². The van der Waals surface area contributed by atoms with Crippen LogP contribution in [-0.2, 0) is 10.8 Å². The zero-order valence-corrected chi connectivity index (χ0v) is 27.8. The Morgan fingerprint density at radius 3 is 1.76 bits per heavy atom. The van der Waals surface area contributed by atoms with E-state index in [0.717, 1.165) is 32.4 Å². The Morgan fingerprint density at radius 1 is 0.556 bits per heavy atom. The first-order valence-corrected chi connectivity index (χ1v) is 16.7. The second-order valence-corrected chi connectivity index (χ2v) is 14.5. The Hall–Kier alpha value is -3.95. The number of halogens is 2. The molecule has 4 heteroatoms. The molecule has 0 amide bonds. The van der Waals surface area contributed by atoms with E-state index in [1.54, 1.807) is 11.8 Å². The minimum atomic E-state index is -0.578. The van der Waals surface area contributed by atoms with E-state index in [1.165, 1.54) is 22.3 Å². The van der Waals surface area contributed by atoms with E-state index in [4.69, 9.17) is 23.2 Å². The third-order valence-corrected chi connectivity index (χ3v) is 10.4. The van der Waals surface area contributed by atoms with Gasteiger partial charge in [-0.3, -0.25) is 0 Å². The normalized spacial score (nSPS) is 13.9. The van der Waals surface area contributed by atoms with Gasteiger partial charge in [0.25, 0.3) is 0 Å². The van der Waals surface area contributed by atoms with E-state index < -0.39 is 5.41 Å². The minimum Gasteiger partial charge on any atom is -0.309 e. The maximum Gasteiger partial charge on any atom is 0.0787 e. The van der Waals surface area contributed by atoms with Crippen molar-refractivity contribution in [1.82, 2.24) is 0 Å². The molecular weight excluding hydrogens is 609 g/mol. The quantitative estimate of drug-likeness (QED) is 0.189. The summed E-state index contributed by atoms with van der Waals surface area (Å²) in [4.78, 5) is 4.25. The Morgan fingerprint density at radius 2 is 1.13 bits per heavy atom. The zero-order chi connectivity index (χ0) is 31.2. The van der Waals surface area contributed by atoms with Crippen molar-refractivity contribution in [3.8, 4) is 0 Å². The van der Waals surface area contributed by atoms with E-state index in [1.807, 2.05) is 12.1 Å². The predicted molar refractivity (Wildman–Crippen MR) is 192 cm³/mol. The molecule has 6 aromatic rings. The molecule has 0 aromatic heterocycles. The van der Waals surface area contributed by atoms with Gasteiger partial charge in [-0.15, -0.1) is 0 Å². The molecule has 0 saturated carbocycles. The molecule has 0 saturated heterocycles. The van der Waals surface area contributed by atoms with Crippen LogP contribution in [0.4, 0.5) is 17.1 Å². The average molecular weight is 643 g/mol. The number of anilines is 3. The second kappa shape index (κ2) is 11.8. The number of hydrogen-bond acceptors (Lipinski definition) is 2. The van der Waals surface area contributed by atoms with Crippen molar-refractivity contribution in [3.05, 3.63) is 183 Å². The molecule has 6 aromatic carbocycles. The first-order valence-electron chi connectivity index (χ1n) is 15.1. The summed E-state index contributed by atoms with van der Waals surface area (Å²) in [6.07, 6.45) is 0. The molecule has 0 spiro atoms. The van der Waals surface area contributed by atoms with Crippen LogP contribution in [0, 0.1) is 0 Å². The van der Waals surface area contributed by atoms with Crippen LogP contribution in [0.15, 0.2) is 155 Å². The lowest BCUT2D eigenvalue weighted by atomic mass is 9.65. The van der Waals surface area contributed by atoms with Crippen LogP contribution in [0.3, 0.4) is 0 Å². The van der Waals surface area contributed by atoms with Gasteiger partial charge in [-0.05, 0) is 81.8 Å². The minimum absolute atomic E-state index is 0.0372. The fourth-order valence-corrected chi connectivity index (χ4v) is 8.05. The molecule has 1 aliphatic heterocycles. The summed E-state index contributed by atoms with van der Waals surface area (Å²) in [6.45, 7) is 6.71. The largest absolute Gasteiger partial charge is 0.309 e. The summed E-state index contributed by atoms with van der Waals surface area (Å²) >= 11 is 15.8. The van der Waals surface area contributed by atoms with E-state index in [2.05, 4.69) is 159 Å². The Balaban J connectivity index is 1.59. The monoisotopic (exact) mass is 641 g/mol. The molecule has 1 aliphatic rings. The van der Waals surface area contributed by atoms with Gasteiger partial charge in [0.1, 0.15) is 0 Å². The number of rotatable bonds is 3. The van der Waals surface area contributed by atoms with Gasteiger partial charge in [0.15, 0.2) is 0 Å². The number of benzene rings is 6. The van der Waals surface area contributed by atoms with Gasteiger partial charge in [-0.25, -0.2) is 0 Å². The molecule has 0 atom stereocenters. The topological polar surface area (TPSA) is 3.24 Å².